The molecule has 0 bridgehead atoms. The molecule has 0 aliphatic rings. The standard InChI is InChI=1S/C14H18N2O3S/c1-2-3-4-12-5-7-13(8-6-12)16-14(17)11-20(18,19)10-9-15/h5-8H,2-4,10-11H2,1H3,(H,16,17). The van der Waals surface area contributed by atoms with E-state index in [2.05, 4.69) is 12.2 Å². The van der Waals surface area contributed by atoms with Gasteiger partial charge in [0.1, 0.15) is 11.5 Å². The molecule has 0 radical (unpaired) electrons. The lowest BCUT2D eigenvalue weighted by atomic mass is 10.1. The van der Waals surface area contributed by atoms with Crippen LogP contribution < -0.4 is 5.32 Å². The van der Waals surface area contributed by atoms with Crippen LogP contribution in [0.3, 0.4) is 0 Å². The van der Waals surface area contributed by atoms with Crippen molar-refractivity contribution in [1.82, 2.24) is 0 Å². The number of rotatable bonds is 7. The predicted molar refractivity (Wildman–Crippen MR) is 78.0 cm³/mol. The number of carbonyl (C=O) groups excluding carboxylic acids is 1. The second kappa shape index (κ2) is 7.65. The summed E-state index contributed by atoms with van der Waals surface area (Å²) in [7, 11) is -3.64. The van der Waals surface area contributed by atoms with Gasteiger partial charge in [-0.2, -0.15) is 5.26 Å². The number of nitrogens with zero attached hydrogens (tertiary/aromatic N) is 1. The quantitative estimate of drug-likeness (QED) is 0.832. The Morgan fingerprint density at radius 1 is 1.30 bits per heavy atom. The number of anilines is 1. The number of hydrogen-bond donors (Lipinski definition) is 1. The molecule has 0 spiro atoms. The minimum atomic E-state index is -3.64. The van der Waals surface area contributed by atoms with Gasteiger partial charge in [0.05, 0.1) is 6.07 Å². The zero-order valence-corrected chi connectivity index (χ0v) is 12.2. The third-order valence-corrected chi connectivity index (χ3v) is 3.96. The SMILES string of the molecule is CCCCc1ccc(NC(=O)CS(=O)(=O)CC#N)cc1. The Morgan fingerprint density at radius 2 is 1.95 bits per heavy atom. The molecule has 0 unspecified atom stereocenters. The van der Waals surface area contributed by atoms with Crippen molar-refractivity contribution >= 4 is 21.4 Å². The van der Waals surface area contributed by atoms with E-state index in [1.54, 1.807) is 12.1 Å². The lowest BCUT2D eigenvalue weighted by molar-refractivity contribution is -0.113. The van der Waals surface area contributed by atoms with Crippen LogP contribution in [0.15, 0.2) is 24.3 Å². The number of unbranched alkanes of at least 4 members (excludes halogenated alkanes) is 1. The van der Waals surface area contributed by atoms with Crippen molar-refractivity contribution in [3.8, 4) is 6.07 Å². The summed E-state index contributed by atoms with van der Waals surface area (Å²) in [5.74, 6) is -1.93. The van der Waals surface area contributed by atoms with Crippen LogP contribution in [0.25, 0.3) is 0 Å². The fourth-order valence-corrected chi connectivity index (χ4v) is 2.45. The number of aryl methyl sites for hydroxylation is 1. The summed E-state index contributed by atoms with van der Waals surface area (Å²) in [5, 5.41) is 10.9. The molecule has 0 saturated heterocycles. The Morgan fingerprint density at radius 3 is 2.50 bits per heavy atom. The summed E-state index contributed by atoms with van der Waals surface area (Å²) >= 11 is 0. The molecule has 6 heteroatoms. The van der Waals surface area contributed by atoms with Crippen molar-refractivity contribution in [2.24, 2.45) is 0 Å². The highest BCUT2D eigenvalue weighted by Gasteiger charge is 2.16. The van der Waals surface area contributed by atoms with E-state index in [1.807, 2.05) is 12.1 Å². The molecule has 1 rings (SSSR count). The lowest BCUT2D eigenvalue weighted by Gasteiger charge is -2.06. The van der Waals surface area contributed by atoms with Crippen LogP contribution in [0.1, 0.15) is 25.3 Å². The summed E-state index contributed by atoms with van der Waals surface area (Å²) < 4.78 is 22.6. The van der Waals surface area contributed by atoms with E-state index in [0.717, 1.165) is 19.3 Å². The van der Waals surface area contributed by atoms with Crippen molar-refractivity contribution in [2.75, 3.05) is 16.8 Å². The lowest BCUT2D eigenvalue weighted by Crippen LogP contribution is -2.24. The van der Waals surface area contributed by atoms with Gasteiger partial charge < -0.3 is 5.32 Å². The fraction of sp³-hybridized carbons (Fsp3) is 0.429. The summed E-state index contributed by atoms with van der Waals surface area (Å²) in [4.78, 5) is 11.6. The van der Waals surface area contributed by atoms with Gasteiger partial charge in [0.2, 0.25) is 5.91 Å². The zero-order valence-electron chi connectivity index (χ0n) is 11.4. The normalized spacial score (nSPS) is 10.8. The third kappa shape index (κ3) is 5.85. The van der Waals surface area contributed by atoms with Gasteiger partial charge in [0.25, 0.3) is 0 Å². The molecule has 1 N–H and O–H groups in total. The second-order valence-corrected chi connectivity index (χ2v) is 6.60. The Bertz CT molecular complexity index is 586. The van der Waals surface area contributed by atoms with E-state index in [4.69, 9.17) is 5.26 Å². The Labute approximate surface area is 119 Å². The van der Waals surface area contributed by atoms with E-state index >= 15 is 0 Å². The monoisotopic (exact) mass is 294 g/mol. The van der Waals surface area contributed by atoms with Gasteiger partial charge in [-0.15, -0.1) is 0 Å². The first-order chi connectivity index (χ1) is 9.46. The number of nitrogens with one attached hydrogen (secondary N) is 1. The van der Waals surface area contributed by atoms with Crippen LogP contribution in [-0.4, -0.2) is 25.8 Å². The molecule has 0 fully saturated rings. The van der Waals surface area contributed by atoms with E-state index in [1.165, 1.54) is 11.6 Å². The number of nitriles is 1. The molecule has 0 aliphatic carbocycles. The highest BCUT2D eigenvalue weighted by atomic mass is 32.2. The van der Waals surface area contributed by atoms with Crippen LogP contribution in [-0.2, 0) is 21.1 Å². The first-order valence-corrected chi connectivity index (χ1v) is 8.25. The number of carbonyl (C=O) groups is 1. The maximum Gasteiger partial charge on any atom is 0.239 e. The smallest absolute Gasteiger partial charge is 0.239 e. The van der Waals surface area contributed by atoms with E-state index in [0.29, 0.717) is 5.69 Å². The van der Waals surface area contributed by atoms with E-state index in [9.17, 15) is 13.2 Å². The Balaban J connectivity index is 2.56. The average Bonchev–Trinajstić information content (AvgIpc) is 2.37. The van der Waals surface area contributed by atoms with Gasteiger partial charge >= 0.3 is 0 Å². The molecule has 0 aromatic heterocycles. The van der Waals surface area contributed by atoms with Gasteiger partial charge in [0, 0.05) is 5.69 Å². The summed E-state index contributed by atoms with van der Waals surface area (Å²) in [5.41, 5.74) is 1.74. The second-order valence-electron chi connectivity index (χ2n) is 4.54. The van der Waals surface area contributed by atoms with Gasteiger partial charge in [-0.25, -0.2) is 8.42 Å². The highest BCUT2D eigenvalue weighted by Crippen LogP contribution is 2.12. The minimum Gasteiger partial charge on any atom is -0.325 e. The number of amides is 1. The topological polar surface area (TPSA) is 87.0 Å². The van der Waals surface area contributed by atoms with Crippen LogP contribution in [0.4, 0.5) is 5.69 Å². The number of hydrogen-bond acceptors (Lipinski definition) is 4. The van der Waals surface area contributed by atoms with Gasteiger partial charge in [0.15, 0.2) is 9.84 Å². The van der Waals surface area contributed by atoms with Crippen LogP contribution in [0.5, 0.6) is 0 Å². The molecule has 0 aliphatic heterocycles. The molecule has 0 saturated carbocycles. The largest absolute Gasteiger partial charge is 0.325 e. The molecule has 0 atom stereocenters. The molecular formula is C14H18N2O3S. The summed E-state index contributed by atoms with van der Waals surface area (Å²) in [6.45, 7) is 2.12. The molecule has 1 amide bonds. The molecule has 5 nitrogen and oxygen atoms in total. The third-order valence-electron chi connectivity index (χ3n) is 2.69. The number of sulfone groups is 1. The molecule has 1 aromatic rings. The first-order valence-electron chi connectivity index (χ1n) is 6.43. The average molecular weight is 294 g/mol. The summed E-state index contributed by atoms with van der Waals surface area (Å²) in [6, 6.07) is 8.86. The predicted octanol–water partition coefficient (Wildman–Crippen LogP) is 1.91. The van der Waals surface area contributed by atoms with Gasteiger partial charge in [-0.05, 0) is 30.5 Å². The van der Waals surface area contributed by atoms with Crippen LogP contribution >= 0.6 is 0 Å². The molecule has 1 aromatic carbocycles. The van der Waals surface area contributed by atoms with Crippen molar-refractivity contribution in [1.29, 1.82) is 5.26 Å². The minimum absolute atomic E-state index is 0.558. The molecule has 108 valence electrons. The first kappa shape index (κ1) is 16.2. The number of benzene rings is 1. The maximum atomic E-state index is 11.6. The molecular weight excluding hydrogens is 276 g/mol. The van der Waals surface area contributed by atoms with E-state index < -0.39 is 27.3 Å². The maximum absolute atomic E-state index is 11.6. The van der Waals surface area contributed by atoms with Crippen molar-refractivity contribution in [2.45, 2.75) is 26.2 Å². The van der Waals surface area contributed by atoms with E-state index in [-0.39, 0.29) is 0 Å². The summed E-state index contributed by atoms with van der Waals surface area (Å²) in [6.07, 6.45) is 3.22. The van der Waals surface area contributed by atoms with Crippen molar-refractivity contribution in [3.63, 3.8) is 0 Å². The van der Waals surface area contributed by atoms with Crippen LogP contribution in [0, 0.1) is 11.3 Å². The molecule has 0 heterocycles. The van der Waals surface area contributed by atoms with Crippen molar-refractivity contribution in [3.05, 3.63) is 29.8 Å². The highest BCUT2D eigenvalue weighted by molar-refractivity contribution is 7.92. The fourth-order valence-electron chi connectivity index (χ4n) is 1.68. The Kier molecular flexibility index (Phi) is 6.19. The van der Waals surface area contributed by atoms with Gasteiger partial charge in [-0.1, -0.05) is 25.5 Å². The van der Waals surface area contributed by atoms with Crippen LogP contribution in [0.2, 0.25) is 0 Å². The zero-order chi connectivity index (χ0) is 15.0. The molecule has 20 heavy (non-hydrogen) atoms. The van der Waals surface area contributed by atoms with Gasteiger partial charge in [-0.3, -0.25) is 4.79 Å². The Hall–Kier alpha value is -1.87. The van der Waals surface area contributed by atoms with Crippen molar-refractivity contribution < 1.29 is 13.2 Å².